The number of ether oxygens (including phenoxy) is 3. The van der Waals surface area contributed by atoms with Crippen LogP contribution in [0.1, 0.15) is 29.7 Å². The smallest absolute Gasteiger partial charge is 0.256 e. The van der Waals surface area contributed by atoms with E-state index in [0.29, 0.717) is 40.7 Å². The summed E-state index contributed by atoms with van der Waals surface area (Å²) in [5, 5.41) is 9.60. The minimum Gasteiger partial charge on any atom is -0.493 e. The predicted octanol–water partition coefficient (Wildman–Crippen LogP) is 2.31. The van der Waals surface area contributed by atoms with Crippen LogP contribution in [0.25, 0.3) is 0 Å². The highest BCUT2D eigenvalue weighted by atomic mass is 16.5. The van der Waals surface area contributed by atoms with E-state index in [4.69, 9.17) is 19.9 Å². The van der Waals surface area contributed by atoms with Crippen molar-refractivity contribution in [3.05, 3.63) is 62.9 Å². The minimum absolute atomic E-state index is 0.0104. The largest absolute Gasteiger partial charge is 0.493 e. The normalized spacial score (nSPS) is 15.7. The average molecular weight is 353 g/mol. The number of aromatic amines is 1. The first-order valence-corrected chi connectivity index (χ1v) is 8.12. The molecule has 7 heteroatoms. The van der Waals surface area contributed by atoms with Gasteiger partial charge in [0.1, 0.15) is 17.4 Å². The fraction of sp³-hybridized carbons (Fsp3) is 0.263. The maximum absolute atomic E-state index is 12.6. The monoisotopic (exact) mass is 353 g/mol. The van der Waals surface area contributed by atoms with Crippen molar-refractivity contribution in [1.29, 1.82) is 5.26 Å². The number of nitrogens with two attached hydrogens (primary N) is 1. The fourth-order valence-electron chi connectivity index (χ4n) is 3.08. The molecule has 0 aliphatic carbocycles. The van der Waals surface area contributed by atoms with Crippen LogP contribution in [0.4, 0.5) is 0 Å². The lowest BCUT2D eigenvalue weighted by Crippen LogP contribution is -2.28. The number of aromatic nitrogens is 1. The number of hydrogen-bond donors (Lipinski definition) is 2. The standard InChI is InChI=1S/C19H19N3O4/c1-4-25-14-8-11(5-6-13(14)24-3)16-12(9-20)18(21)26-15-7-10(2)22-19(23)17(15)16/h5-8,16H,4,21H2,1-3H3,(H,22,23)/t16-/m0/s1. The van der Waals surface area contributed by atoms with Gasteiger partial charge in [0.15, 0.2) is 11.5 Å². The van der Waals surface area contributed by atoms with E-state index >= 15 is 0 Å². The van der Waals surface area contributed by atoms with Gasteiger partial charge in [0, 0.05) is 11.8 Å². The molecule has 0 fully saturated rings. The quantitative estimate of drug-likeness (QED) is 0.873. The van der Waals surface area contributed by atoms with Gasteiger partial charge in [0.05, 0.1) is 25.2 Å². The number of methoxy groups -OCH3 is 1. The number of benzene rings is 1. The van der Waals surface area contributed by atoms with Crippen LogP contribution >= 0.6 is 0 Å². The van der Waals surface area contributed by atoms with E-state index in [1.807, 2.05) is 6.92 Å². The number of H-pyrrole nitrogens is 1. The number of aryl methyl sites for hydroxylation is 1. The summed E-state index contributed by atoms with van der Waals surface area (Å²) in [5.41, 5.74) is 7.48. The summed E-state index contributed by atoms with van der Waals surface area (Å²) < 4.78 is 16.5. The van der Waals surface area contributed by atoms with E-state index in [1.165, 1.54) is 0 Å². The summed E-state index contributed by atoms with van der Waals surface area (Å²) in [6.07, 6.45) is 0. The van der Waals surface area contributed by atoms with Crippen molar-refractivity contribution >= 4 is 0 Å². The Morgan fingerprint density at radius 1 is 1.35 bits per heavy atom. The van der Waals surface area contributed by atoms with Crippen LogP contribution in [0.3, 0.4) is 0 Å². The summed E-state index contributed by atoms with van der Waals surface area (Å²) in [6.45, 7) is 4.06. The molecule has 134 valence electrons. The van der Waals surface area contributed by atoms with Gasteiger partial charge in [-0.15, -0.1) is 0 Å². The zero-order chi connectivity index (χ0) is 18.8. The number of hydrogen-bond acceptors (Lipinski definition) is 6. The Morgan fingerprint density at radius 2 is 2.12 bits per heavy atom. The Kier molecular flexibility index (Phi) is 4.59. The van der Waals surface area contributed by atoms with E-state index in [1.54, 1.807) is 38.3 Å². The number of nitriles is 1. The third kappa shape index (κ3) is 2.86. The Bertz CT molecular complexity index is 985. The van der Waals surface area contributed by atoms with Gasteiger partial charge in [-0.25, -0.2) is 0 Å². The fourth-order valence-corrected chi connectivity index (χ4v) is 3.08. The molecule has 0 unspecified atom stereocenters. The third-order valence-electron chi connectivity index (χ3n) is 4.17. The number of nitrogens with zero attached hydrogens (tertiary/aromatic N) is 1. The third-order valence-corrected chi connectivity index (χ3v) is 4.17. The number of allylic oxidation sites excluding steroid dienone is 1. The van der Waals surface area contributed by atoms with Crippen molar-refractivity contribution < 1.29 is 14.2 Å². The van der Waals surface area contributed by atoms with Crippen molar-refractivity contribution in [1.82, 2.24) is 4.98 Å². The lowest BCUT2D eigenvalue weighted by molar-refractivity contribution is 0.310. The van der Waals surface area contributed by atoms with Gasteiger partial charge in [-0.1, -0.05) is 6.07 Å². The van der Waals surface area contributed by atoms with E-state index in [2.05, 4.69) is 11.1 Å². The van der Waals surface area contributed by atoms with Crippen LogP contribution < -0.4 is 25.5 Å². The highest BCUT2D eigenvalue weighted by molar-refractivity contribution is 5.57. The van der Waals surface area contributed by atoms with Gasteiger partial charge in [-0.05, 0) is 31.5 Å². The van der Waals surface area contributed by atoms with E-state index < -0.39 is 5.92 Å². The Balaban J connectivity index is 2.25. The van der Waals surface area contributed by atoms with Crippen LogP contribution in [-0.4, -0.2) is 18.7 Å². The van der Waals surface area contributed by atoms with Crippen LogP contribution in [0, 0.1) is 18.3 Å². The molecule has 0 saturated heterocycles. The molecule has 0 amide bonds. The molecule has 1 aliphatic heterocycles. The molecule has 7 nitrogen and oxygen atoms in total. The van der Waals surface area contributed by atoms with Gasteiger partial charge in [0.25, 0.3) is 5.56 Å². The predicted molar refractivity (Wildman–Crippen MR) is 95.3 cm³/mol. The van der Waals surface area contributed by atoms with E-state index in [-0.39, 0.29) is 17.0 Å². The minimum atomic E-state index is -0.654. The van der Waals surface area contributed by atoms with Crippen LogP contribution in [0.2, 0.25) is 0 Å². The van der Waals surface area contributed by atoms with Crippen LogP contribution in [0.15, 0.2) is 40.5 Å². The molecule has 1 atom stereocenters. The molecule has 0 radical (unpaired) electrons. The maximum atomic E-state index is 12.6. The zero-order valence-corrected chi connectivity index (χ0v) is 14.8. The molecule has 0 spiro atoms. The molecule has 3 rings (SSSR count). The second kappa shape index (κ2) is 6.84. The Labute approximate surface area is 150 Å². The molecular formula is C19H19N3O4. The lowest BCUT2D eigenvalue weighted by atomic mass is 9.84. The molecule has 3 N–H and O–H groups in total. The van der Waals surface area contributed by atoms with Gasteiger partial charge in [-0.3, -0.25) is 4.79 Å². The van der Waals surface area contributed by atoms with E-state index in [9.17, 15) is 10.1 Å². The molecular weight excluding hydrogens is 334 g/mol. The summed E-state index contributed by atoms with van der Waals surface area (Å²) >= 11 is 0. The van der Waals surface area contributed by atoms with Crippen molar-refractivity contribution in [2.24, 2.45) is 5.73 Å². The van der Waals surface area contributed by atoms with E-state index in [0.717, 1.165) is 0 Å². The first-order valence-electron chi connectivity index (χ1n) is 8.12. The van der Waals surface area contributed by atoms with Gasteiger partial charge >= 0.3 is 0 Å². The highest BCUT2D eigenvalue weighted by Gasteiger charge is 2.33. The molecule has 1 aliphatic rings. The maximum Gasteiger partial charge on any atom is 0.256 e. The first-order chi connectivity index (χ1) is 12.5. The van der Waals surface area contributed by atoms with Gasteiger partial charge < -0.3 is 24.9 Å². The van der Waals surface area contributed by atoms with Gasteiger partial charge in [0.2, 0.25) is 5.88 Å². The van der Waals surface area contributed by atoms with Crippen molar-refractivity contribution in [2.75, 3.05) is 13.7 Å². The molecule has 1 aromatic heterocycles. The molecule has 2 aromatic rings. The topological polar surface area (TPSA) is 110 Å². The van der Waals surface area contributed by atoms with Gasteiger partial charge in [-0.2, -0.15) is 5.26 Å². The Morgan fingerprint density at radius 3 is 2.77 bits per heavy atom. The average Bonchev–Trinajstić information content (AvgIpc) is 2.60. The summed E-state index contributed by atoms with van der Waals surface area (Å²) in [7, 11) is 1.55. The number of pyridine rings is 1. The summed E-state index contributed by atoms with van der Waals surface area (Å²) in [4.78, 5) is 15.4. The van der Waals surface area contributed by atoms with Crippen LogP contribution in [0.5, 0.6) is 17.2 Å². The van der Waals surface area contributed by atoms with Crippen molar-refractivity contribution in [3.8, 4) is 23.3 Å². The second-order valence-electron chi connectivity index (χ2n) is 5.83. The summed E-state index contributed by atoms with van der Waals surface area (Å²) in [6, 6.07) is 9.04. The highest BCUT2D eigenvalue weighted by Crippen LogP contribution is 2.42. The molecule has 26 heavy (non-hydrogen) atoms. The van der Waals surface area contributed by atoms with Crippen molar-refractivity contribution in [3.63, 3.8) is 0 Å². The second-order valence-corrected chi connectivity index (χ2v) is 5.83. The number of nitrogens with one attached hydrogen (secondary N) is 1. The SMILES string of the molecule is CCOc1cc([C@H]2C(C#N)=C(N)Oc3cc(C)[nH]c(=O)c32)ccc1OC. The molecule has 0 bridgehead atoms. The Hall–Kier alpha value is -3.40. The first kappa shape index (κ1) is 17.4. The molecule has 0 saturated carbocycles. The molecule has 2 heterocycles. The lowest BCUT2D eigenvalue weighted by Gasteiger charge is -2.26. The molecule has 1 aromatic carbocycles. The van der Waals surface area contributed by atoms with Crippen molar-refractivity contribution in [2.45, 2.75) is 19.8 Å². The number of rotatable bonds is 4. The summed E-state index contributed by atoms with van der Waals surface area (Å²) in [5.74, 6) is 0.777. The van der Waals surface area contributed by atoms with Crippen LogP contribution in [-0.2, 0) is 0 Å². The zero-order valence-electron chi connectivity index (χ0n) is 14.8. The number of fused-ring (bicyclic) bond motifs is 1.